The minimum Gasteiger partial charge on any atom is -0.346 e. The molecule has 7 nitrogen and oxygen atoms in total. The molecule has 0 unspecified atom stereocenters. The Balaban J connectivity index is 0.000000221. The number of amides is 2. The van der Waals surface area contributed by atoms with Gasteiger partial charge in [-0.15, -0.1) is 0 Å². The molecular formula is C23H40N6OS. The third-order valence-electron chi connectivity index (χ3n) is 5.42. The maximum Gasteiger partial charge on any atom is 0.317 e. The molecule has 0 bridgehead atoms. The molecule has 2 aliphatic heterocycles. The van der Waals surface area contributed by atoms with Crippen LogP contribution in [0.5, 0.6) is 0 Å². The minimum atomic E-state index is 0.105. The average molecular weight is 449 g/mol. The van der Waals surface area contributed by atoms with Crippen LogP contribution in [0.1, 0.15) is 38.2 Å². The molecule has 2 heterocycles. The first-order valence-electron chi connectivity index (χ1n) is 11.7. The second-order valence-electron chi connectivity index (χ2n) is 8.06. The molecule has 2 saturated heterocycles. The van der Waals surface area contributed by atoms with Crippen molar-refractivity contribution >= 4 is 29.0 Å². The van der Waals surface area contributed by atoms with Gasteiger partial charge >= 0.3 is 6.03 Å². The molecule has 0 spiro atoms. The molecule has 2 aliphatic rings. The van der Waals surface area contributed by atoms with E-state index in [1.54, 1.807) is 0 Å². The first-order valence-corrected chi connectivity index (χ1v) is 12.1. The highest BCUT2D eigenvalue weighted by molar-refractivity contribution is 7.80. The van der Waals surface area contributed by atoms with Crippen LogP contribution in [-0.4, -0.2) is 79.8 Å². The van der Waals surface area contributed by atoms with Crippen molar-refractivity contribution in [2.45, 2.75) is 39.5 Å². The Labute approximate surface area is 193 Å². The molecule has 0 saturated carbocycles. The molecule has 8 heteroatoms. The summed E-state index contributed by atoms with van der Waals surface area (Å²) >= 11 is 5.38. The van der Waals surface area contributed by atoms with Crippen LogP contribution in [0.4, 0.5) is 10.5 Å². The standard InChI is InChI=1S/C12H17N3S.C11H23N3O/c1-10-2-4-11(5-3-10)14-12(16)15-8-6-13-7-9-15;1-2-3-4-5-6-13-11(15)14-9-7-12-8-10-14/h2-5,13H,6-9H2,1H3,(H,14,16);12H,2-10H2,1H3,(H,13,15). The topological polar surface area (TPSA) is 71.7 Å². The van der Waals surface area contributed by atoms with Crippen molar-refractivity contribution in [1.29, 1.82) is 0 Å². The lowest BCUT2D eigenvalue weighted by Gasteiger charge is -2.29. The molecule has 0 aliphatic carbocycles. The van der Waals surface area contributed by atoms with Crippen LogP contribution < -0.4 is 21.3 Å². The van der Waals surface area contributed by atoms with Crippen molar-refractivity contribution in [3.05, 3.63) is 29.8 Å². The first-order chi connectivity index (χ1) is 15.1. The van der Waals surface area contributed by atoms with Gasteiger partial charge in [-0.25, -0.2) is 4.79 Å². The summed E-state index contributed by atoms with van der Waals surface area (Å²) in [6.45, 7) is 12.6. The van der Waals surface area contributed by atoms with E-state index in [1.165, 1.54) is 24.8 Å². The van der Waals surface area contributed by atoms with Crippen molar-refractivity contribution in [1.82, 2.24) is 25.8 Å². The summed E-state index contributed by atoms with van der Waals surface area (Å²) in [6, 6.07) is 8.40. The molecule has 3 rings (SSSR count). The molecule has 2 amide bonds. The average Bonchev–Trinajstić information content (AvgIpc) is 2.82. The minimum absolute atomic E-state index is 0.105. The molecule has 0 atom stereocenters. The van der Waals surface area contributed by atoms with Gasteiger partial charge in [0.1, 0.15) is 0 Å². The number of hydrogen-bond acceptors (Lipinski definition) is 4. The van der Waals surface area contributed by atoms with Crippen LogP contribution in [-0.2, 0) is 0 Å². The van der Waals surface area contributed by atoms with E-state index in [9.17, 15) is 4.79 Å². The second-order valence-corrected chi connectivity index (χ2v) is 8.45. The highest BCUT2D eigenvalue weighted by Gasteiger charge is 2.15. The number of nitrogens with zero attached hydrogens (tertiary/aromatic N) is 2. The van der Waals surface area contributed by atoms with Gasteiger partial charge < -0.3 is 31.1 Å². The SMILES string of the molecule is CCCCCCNC(=O)N1CCNCC1.Cc1ccc(NC(=S)N2CCNCC2)cc1. The summed E-state index contributed by atoms with van der Waals surface area (Å²) < 4.78 is 0. The molecular weight excluding hydrogens is 408 g/mol. The van der Waals surface area contributed by atoms with Gasteiger partial charge in [-0.1, -0.05) is 43.9 Å². The van der Waals surface area contributed by atoms with Gasteiger partial charge in [-0.3, -0.25) is 0 Å². The summed E-state index contributed by atoms with van der Waals surface area (Å²) in [5, 5.41) is 13.6. The van der Waals surface area contributed by atoms with E-state index >= 15 is 0 Å². The molecule has 1 aromatic rings. The number of hydrogen-bond donors (Lipinski definition) is 4. The van der Waals surface area contributed by atoms with Crippen LogP contribution in [0.25, 0.3) is 0 Å². The van der Waals surface area contributed by atoms with Crippen molar-refractivity contribution in [2.75, 3.05) is 64.2 Å². The molecule has 0 radical (unpaired) electrons. The number of carbonyl (C=O) groups is 1. The van der Waals surface area contributed by atoms with Gasteiger partial charge in [-0.2, -0.15) is 0 Å². The summed E-state index contributed by atoms with van der Waals surface area (Å²) in [5.41, 5.74) is 2.33. The number of urea groups is 1. The number of anilines is 1. The third-order valence-corrected chi connectivity index (χ3v) is 5.78. The van der Waals surface area contributed by atoms with E-state index < -0.39 is 0 Å². The third kappa shape index (κ3) is 10.3. The summed E-state index contributed by atoms with van der Waals surface area (Å²) in [7, 11) is 0. The number of benzene rings is 1. The predicted octanol–water partition coefficient (Wildman–Crippen LogP) is 2.78. The zero-order valence-corrected chi connectivity index (χ0v) is 20.0. The van der Waals surface area contributed by atoms with Crippen LogP contribution >= 0.6 is 12.2 Å². The normalized spacial score (nSPS) is 16.2. The Hall–Kier alpha value is -1.90. The van der Waals surface area contributed by atoms with Gasteiger partial charge in [0.25, 0.3) is 0 Å². The van der Waals surface area contributed by atoms with Crippen molar-refractivity contribution in [2.24, 2.45) is 0 Å². The van der Waals surface area contributed by atoms with Crippen LogP contribution in [0.3, 0.4) is 0 Å². The number of thiocarbonyl (C=S) groups is 1. The molecule has 2 fully saturated rings. The van der Waals surface area contributed by atoms with Gasteiger partial charge in [-0.05, 0) is 37.7 Å². The van der Waals surface area contributed by atoms with Gasteiger partial charge in [0.2, 0.25) is 0 Å². The lowest BCUT2D eigenvalue weighted by Crippen LogP contribution is -2.50. The Morgan fingerprint density at radius 3 is 2.10 bits per heavy atom. The van der Waals surface area contributed by atoms with Crippen LogP contribution in [0.15, 0.2) is 24.3 Å². The summed E-state index contributed by atoms with van der Waals surface area (Å²) in [6.07, 6.45) is 4.83. The van der Waals surface area contributed by atoms with E-state index in [1.807, 2.05) is 4.90 Å². The molecule has 0 aromatic heterocycles. The van der Waals surface area contributed by atoms with Gasteiger partial charge in [0.05, 0.1) is 0 Å². The fourth-order valence-electron chi connectivity index (χ4n) is 3.43. The van der Waals surface area contributed by atoms with E-state index in [4.69, 9.17) is 12.2 Å². The predicted molar refractivity (Wildman–Crippen MR) is 134 cm³/mol. The van der Waals surface area contributed by atoms with Crippen LogP contribution in [0, 0.1) is 6.92 Å². The lowest BCUT2D eigenvalue weighted by atomic mass is 10.2. The van der Waals surface area contributed by atoms with Crippen molar-refractivity contribution < 1.29 is 4.79 Å². The van der Waals surface area contributed by atoms with Crippen LogP contribution in [0.2, 0.25) is 0 Å². The molecule has 174 valence electrons. The van der Waals surface area contributed by atoms with Gasteiger partial charge in [0.15, 0.2) is 5.11 Å². The lowest BCUT2D eigenvalue weighted by molar-refractivity contribution is 0.190. The number of aryl methyl sites for hydroxylation is 1. The highest BCUT2D eigenvalue weighted by Crippen LogP contribution is 2.10. The molecule has 1 aromatic carbocycles. The van der Waals surface area contributed by atoms with Gasteiger partial charge in [0, 0.05) is 64.6 Å². The zero-order chi connectivity index (χ0) is 22.3. The van der Waals surface area contributed by atoms with E-state index in [0.717, 1.165) is 76.1 Å². The highest BCUT2D eigenvalue weighted by atomic mass is 32.1. The fourth-order valence-corrected chi connectivity index (χ4v) is 3.73. The first kappa shape index (κ1) is 25.4. The van der Waals surface area contributed by atoms with Crippen molar-refractivity contribution in [3.63, 3.8) is 0 Å². The number of rotatable bonds is 6. The fraction of sp³-hybridized carbons (Fsp3) is 0.652. The number of nitrogens with one attached hydrogen (secondary N) is 4. The number of unbranched alkanes of at least 4 members (excludes halogenated alkanes) is 3. The maximum absolute atomic E-state index is 11.6. The Morgan fingerprint density at radius 2 is 1.52 bits per heavy atom. The zero-order valence-electron chi connectivity index (χ0n) is 19.2. The summed E-state index contributed by atoms with van der Waals surface area (Å²) in [4.78, 5) is 15.7. The Morgan fingerprint density at radius 1 is 0.935 bits per heavy atom. The Kier molecular flexibility index (Phi) is 12.3. The second kappa shape index (κ2) is 15.0. The Bertz CT molecular complexity index is 642. The van der Waals surface area contributed by atoms with Crippen molar-refractivity contribution in [3.8, 4) is 0 Å². The summed E-state index contributed by atoms with van der Waals surface area (Å²) in [5.74, 6) is 0. The number of carbonyl (C=O) groups excluding carboxylic acids is 1. The number of piperazine rings is 2. The molecule has 31 heavy (non-hydrogen) atoms. The quantitative estimate of drug-likeness (QED) is 0.396. The van der Waals surface area contributed by atoms with E-state index in [0.29, 0.717) is 0 Å². The van der Waals surface area contributed by atoms with E-state index in [-0.39, 0.29) is 6.03 Å². The largest absolute Gasteiger partial charge is 0.346 e. The molecule has 4 N–H and O–H groups in total. The smallest absolute Gasteiger partial charge is 0.317 e. The van der Waals surface area contributed by atoms with E-state index in [2.05, 4.69) is 64.3 Å². The maximum atomic E-state index is 11.6. The monoisotopic (exact) mass is 448 g/mol.